The standard InChI is InChI=1S/C26H26FN5O2S/c1-2-10-28-14-16-3-7-20(30-15-16)24-13-21-25(35-24)23(9-11-29-21)34-22-8-6-18(12-19(22)27)32-26(33)31-17-4-5-17/h3,6-9,11-13,15,17,28H,2,4-5,10,14H2,1H3,(H2,31,32,33). The van der Waals surface area contributed by atoms with Crippen LogP contribution in [-0.4, -0.2) is 28.6 Å². The van der Waals surface area contributed by atoms with Crippen molar-refractivity contribution in [3.63, 3.8) is 0 Å². The molecule has 3 aromatic heterocycles. The number of ether oxygens (including phenoxy) is 1. The molecule has 35 heavy (non-hydrogen) atoms. The van der Waals surface area contributed by atoms with Crippen LogP contribution in [0.25, 0.3) is 20.8 Å². The Balaban J connectivity index is 1.31. The second-order valence-corrected chi connectivity index (χ2v) is 9.53. The number of rotatable bonds is 9. The summed E-state index contributed by atoms with van der Waals surface area (Å²) in [5, 5.41) is 8.83. The van der Waals surface area contributed by atoms with Crippen molar-refractivity contribution in [2.45, 2.75) is 38.8 Å². The second kappa shape index (κ2) is 10.4. The molecular weight excluding hydrogens is 465 g/mol. The maximum absolute atomic E-state index is 14.8. The van der Waals surface area contributed by atoms with Crippen molar-refractivity contribution in [3.8, 4) is 22.1 Å². The number of halogens is 1. The number of carbonyl (C=O) groups excluding carboxylic acids is 1. The first-order valence-corrected chi connectivity index (χ1v) is 12.5. The van der Waals surface area contributed by atoms with Gasteiger partial charge in [0.05, 0.1) is 20.8 Å². The summed E-state index contributed by atoms with van der Waals surface area (Å²) in [6.45, 7) is 3.90. The van der Waals surface area contributed by atoms with Gasteiger partial charge < -0.3 is 20.7 Å². The molecule has 3 heterocycles. The highest BCUT2D eigenvalue weighted by molar-refractivity contribution is 7.22. The zero-order chi connectivity index (χ0) is 24.2. The third-order valence-corrected chi connectivity index (χ3v) is 6.69. The average Bonchev–Trinajstić information content (AvgIpc) is 3.55. The molecule has 5 rings (SSSR count). The lowest BCUT2D eigenvalue weighted by Gasteiger charge is -2.10. The molecule has 1 fully saturated rings. The number of hydrogen-bond donors (Lipinski definition) is 3. The van der Waals surface area contributed by atoms with Gasteiger partial charge in [-0.25, -0.2) is 9.18 Å². The van der Waals surface area contributed by atoms with Crippen LogP contribution in [0.15, 0.2) is 54.9 Å². The number of hydrogen-bond acceptors (Lipinski definition) is 6. The monoisotopic (exact) mass is 491 g/mol. The van der Waals surface area contributed by atoms with Gasteiger partial charge in [-0.2, -0.15) is 0 Å². The molecule has 0 spiro atoms. The number of urea groups is 1. The lowest BCUT2D eigenvalue weighted by Crippen LogP contribution is -2.30. The largest absolute Gasteiger partial charge is 0.453 e. The van der Waals surface area contributed by atoms with Crippen molar-refractivity contribution < 1.29 is 13.9 Å². The van der Waals surface area contributed by atoms with Crippen LogP contribution in [0.5, 0.6) is 11.5 Å². The number of fused-ring (bicyclic) bond motifs is 1. The van der Waals surface area contributed by atoms with E-state index in [2.05, 4.69) is 38.9 Å². The fourth-order valence-corrected chi connectivity index (χ4v) is 4.61. The molecule has 7 nitrogen and oxygen atoms in total. The van der Waals surface area contributed by atoms with Gasteiger partial charge in [-0.3, -0.25) is 9.97 Å². The molecule has 9 heteroatoms. The predicted octanol–water partition coefficient (Wildman–Crippen LogP) is 6.07. The highest BCUT2D eigenvalue weighted by atomic mass is 32.1. The molecule has 2 amide bonds. The van der Waals surface area contributed by atoms with Gasteiger partial charge in [-0.1, -0.05) is 13.0 Å². The van der Waals surface area contributed by atoms with Crippen LogP contribution in [0.1, 0.15) is 31.7 Å². The van der Waals surface area contributed by atoms with E-state index in [4.69, 9.17) is 4.74 Å². The fourth-order valence-electron chi connectivity index (χ4n) is 3.57. The summed E-state index contributed by atoms with van der Waals surface area (Å²) in [6, 6.07) is 12.0. The average molecular weight is 492 g/mol. The van der Waals surface area contributed by atoms with E-state index in [1.165, 1.54) is 23.5 Å². The van der Waals surface area contributed by atoms with Crippen LogP contribution in [0.2, 0.25) is 0 Å². The second-order valence-electron chi connectivity index (χ2n) is 8.48. The number of aromatic nitrogens is 2. The molecular formula is C26H26FN5O2S. The Bertz CT molecular complexity index is 1340. The number of pyridine rings is 2. The lowest BCUT2D eigenvalue weighted by atomic mass is 10.2. The van der Waals surface area contributed by atoms with Crippen molar-refractivity contribution >= 4 is 33.3 Å². The van der Waals surface area contributed by atoms with Gasteiger partial charge in [0, 0.05) is 42.8 Å². The minimum Gasteiger partial charge on any atom is -0.453 e. The highest BCUT2D eigenvalue weighted by Crippen LogP contribution is 2.39. The van der Waals surface area contributed by atoms with E-state index in [9.17, 15) is 9.18 Å². The van der Waals surface area contributed by atoms with E-state index in [0.29, 0.717) is 11.4 Å². The number of amides is 2. The van der Waals surface area contributed by atoms with Crippen molar-refractivity contribution in [1.29, 1.82) is 0 Å². The van der Waals surface area contributed by atoms with E-state index >= 15 is 0 Å². The summed E-state index contributed by atoms with van der Waals surface area (Å²) in [5.74, 6) is 0.0188. The van der Waals surface area contributed by atoms with Gasteiger partial charge in [0.25, 0.3) is 0 Å². The number of nitrogens with one attached hydrogen (secondary N) is 3. The van der Waals surface area contributed by atoms with E-state index in [1.54, 1.807) is 18.3 Å². The molecule has 1 aliphatic carbocycles. The van der Waals surface area contributed by atoms with Crippen LogP contribution in [0, 0.1) is 5.82 Å². The number of nitrogens with zero attached hydrogens (tertiary/aromatic N) is 2. The number of carbonyl (C=O) groups is 1. The molecule has 3 N–H and O–H groups in total. The highest BCUT2D eigenvalue weighted by Gasteiger charge is 2.23. The summed E-state index contributed by atoms with van der Waals surface area (Å²) < 4.78 is 21.5. The number of benzene rings is 1. The molecule has 180 valence electrons. The minimum absolute atomic E-state index is 0.0719. The summed E-state index contributed by atoms with van der Waals surface area (Å²) in [6.07, 6.45) is 6.57. The van der Waals surface area contributed by atoms with Gasteiger partial charge in [0.15, 0.2) is 11.6 Å². The number of anilines is 1. The Labute approximate surface area is 206 Å². The SMILES string of the molecule is CCCNCc1ccc(-c2cc3nccc(Oc4ccc(NC(=O)NC5CC5)cc4F)c3s2)nc1. The fraction of sp³-hybridized carbons (Fsp3) is 0.269. The summed E-state index contributed by atoms with van der Waals surface area (Å²) in [4.78, 5) is 21.9. The molecule has 0 atom stereocenters. The molecule has 4 aromatic rings. The quantitative estimate of drug-likeness (QED) is 0.247. The normalized spacial score (nSPS) is 13.1. The van der Waals surface area contributed by atoms with Crippen molar-refractivity contribution in [2.75, 3.05) is 11.9 Å². The molecule has 1 aliphatic rings. The van der Waals surface area contributed by atoms with Gasteiger partial charge in [0.1, 0.15) is 5.75 Å². The zero-order valence-electron chi connectivity index (χ0n) is 19.3. The Morgan fingerprint density at radius 1 is 1.14 bits per heavy atom. The van der Waals surface area contributed by atoms with Crippen LogP contribution in [-0.2, 0) is 6.54 Å². The van der Waals surface area contributed by atoms with Crippen molar-refractivity contribution in [3.05, 3.63) is 66.2 Å². The molecule has 1 saturated carbocycles. The lowest BCUT2D eigenvalue weighted by molar-refractivity contribution is 0.251. The first-order chi connectivity index (χ1) is 17.1. The minimum atomic E-state index is -0.565. The third-order valence-electron chi connectivity index (χ3n) is 5.53. The molecule has 1 aromatic carbocycles. The molecule has 0 unspecified atom stereocenters. The topological polar surface area (TPSA) is 88.2 Å². The summed E-state index contributed by atoms with van der Waals surface area (Å²) in [7, 11) is 0. The maximum atomic E-state index is 14.8. The van der Waals surface area contributed by atoms with Crippen molar-refractivity contribution in [2.24, 2.45) is 0 Å². The Morgan fingerprint density at radius 2 is 2.03 bits per heavy atom. The van der Waals surface area contributed by atoms with Crippen LogP contribution in [0.4, 0.5) is 14.9 Å². The smallest absolute Gasteiger partial charge is 0.319 e. The number of thiophene rings is 1. The summed E-state index contributed by atoms with van der Waals surface area (Å²) in [5.41, 5.74) is 3.10. The third kappa shape index (κ3) is 5.75. The van der Waals surface area contributed by atoms with Crippen molar-refractivity contribution in [1.82, 2.24) is 20.6 Å². The molecule has 0 radical (unpaired) electrons. The Kier molecular flexibility index (Phi) is 6.87. The Hall–Kier alpha value is -3.56. The molecule has 0 saturated heterocycles. The molecule has 0 bridgehead atoms. The van der Waals surface area contributed by atoms with Gasteiger partial charge in [0.2, 0.25) is 0 Å². The van der Waals surface area contributed by atoms with Crippen LogP contribution < -0.4 is 20.7 Å². The van der Waals surface area contributed by atoms with Gasteiger partial charge in [-0.15, -0.1) is 11.3 Å². The van der Waals surface area contributed by atoms with Gasteiger partial charge in [-0.05, 0) is 55.6 Å². The summed E-state index contributed by atoms with van der Waals surface area (Å²) >= 11 is 1.50. The Morgan fingerprint density at radius 3 is 2.77 bits per heavy atom. The predicted molar refractivity (Wildman–Crippen MR) is 136 cm³/mol. The first-order valence-electron chi connectivity index (χ1n) is 11.7. The van der Waals surface area contributed by atoms with E-state index in [1.807, 2.05) is 18.3 Å². The zero-order valence-corrected chi connectivity index (χ0v) is 20.1. The first kappa shape index (κ1) is 23.2. The maximum Gasteiger partial charge on any atom is 0.319 e. The van der Waals surface area contributed by atoms with Gasteiger partial charge >= 0.3 is 6.03 Å². The van der Waals surface area contributed by atoms with E-state index in [-0.39, 0.29) is 17.8 Å². The van der Waals surface area contributed by atoms with E-state index < -0.39 is 5.82 Å². The molecule has 0 aliphatic heterocycles. The van der Waals surface area contributed by atoms with E-state index in [0.717, 1.165) is 58.7 Å². The van der Waals surface area contributed by atoms with Crippen LogP contribution >= 0.6 is 11.3 Å². The van der Waals surface area contributed by atoms with Crippen LogP contribution in [0.3, 0.4) is 0 Å².